The average Bonchev–Trinajstić information content (AvgIpc) is 2.79. The summed E-state index contributed by atoms with van der Waals surface area (Å²) in [6.45, 7) is 3.60. The summed E-state index contributed by atoms with van der Waals surface area (Å²) in [6, 6.07) is 5.62. The highest BCUT2D eigenvalue weighted by Crippen LogP contribution is 2.28. The lowest BCUT2D eigenvalue weighted by atomic mass is 10.0. The molecular weight excluding hydrogens is 285 g/mol. The van der Waals surface area contributed by atoms with E-state index in [1.54, 1.807) is 6.07 Å². The van der Waals surface area contributed by atoms with Crippen molar-refractivity contribution in [2.75, 3.05) is 19.8 Å². The van der Waals surface area contributed by atoms with E-state index >= 15 is 0 Å². The summed E-state index contributed by atoms with van der Waals surface area (Å²) in [6.07, 6.45) is 1.56. The van der Waals surface area contributed by atoms with Crippen molar-refractivity contribution in [2.24, 2.45) is 0 Å². The molecule has 2 unspecified atom stereocenters. The molecule has 1 aliphatic heterocycles. The highest BCUT2D eigenvalue weighted by atomic mass is 35.5. The van der Waals surface area contributed by atoms with Crippen LogP contribution in [0.15, 0.2) is 18.2 Å². The van der Waals surface area contributed by atoms with Crippen LogP contribution in [0, 0.1) is 0 Å². The predicted molar refractivity (Wildman–Crippen MR) is 77.9 cm³/mol. The molecule has 0 aliphatic carbocycles. The van der Waals surface area contributed by atoms with E-state index in [0.717, 1.165) is 12.0 Å². The van der Waals surface area contributed by atoms with Gasteiger partial charge in [0.25, 0.3) is 0 Å². The molecule has 1 heterocycles. The third kappa shape index (κ3) is 3.83. The Kier molecular flexibility index (Phi) is 5.09. The van der Waals surface area contributed by atoms with Crippen LogP contribution >= 0.6 is 23.2 Å². The number of ether oxygens (including phenoxy) is 1. The number of hydrogen-bond donors (Lipinski definition) is 2. The van der Waals surface area contributed by atoms with Crippen molar-refractivity contribution in [3.8, 4) is 0 Å². The van der Waals surface area contributed by atoms with Gasteiger partial charge in [-0.15, -0.1) is 0 Å². The van der Waals surface area contributed by atoms with E-state index in [2.05, 4.69) is 12.2 Å². The Labute approximate surface area is 123 Å². The zero-order chi connectivity index (χ0) is 13.9. The first-order valence-electron chi connectivity index (χ1n) is 6.52. The van der Waals surface area contributed by atoms with Crippen LogP contribution in [0.3, 0.4) is 0 Å². The number of halogens is 2. The van der Waals surface area contributed by atoms with Crippen molar-refractivity contribution in [3.05, 3.63) is 33.8 Å². The highest BCUT2D eigenvalue weighted by Gasteiger charge is 2.32. The molecule has 5 heteroatoms. The van der Waals surface area contributed by atoms with Crippen molar-refractivity contribution in [2.45, 2.75) is 31.4 Å². The largest absolute Gasteiger partial charge is 0.386 e. The Hall–Kier alpha value is -0.320. The SMILES string of the molecule is CCC(NCC1(O)CCOC1)c1ccc(Cl)cc1Cl. The van der Waals surface area contributed by atoms with Crippen molar-refractivity contribution < 1.29 is 9.84 Å². The number of hydrogen-bond acceptors (Lipinski definition) is 3. The number of rotatable bonds is 5. The Morgan fingerprint density at radius 3 is 2.84 bits per heavy atom. The zero-order valence-electron chi connectivity index (χ0n) is 11.0. The molecule has 106 valence electrons. The molecule has 0 amide bonds. The topological polar surface area (TPSA) is 41.5 Å². The van der Waals surface area contributed by atoms with Crippen molar-refractivity contribution in [1.29, 1.82) is 0 Å². The van der Waals surface area contributed by atoms with Crippen LogP contribution in [0.1, 0.15) is 31.4 Å². The van der Waals surface area contributed by atoms with Gasteiger partial charge in [0.1, 0.15) is 5.60 Å². The second kappa shape index (κ2) is 6.42. The van der Waals surface area contributed by atoms with E-state index in [-0.39, 0.29) is 6.04 Å². The van der Waals surface area contributed by atoms with Crippen LogP contribution in [-0.4, -0.2) is 30.5 Å². The molecule has 0 radical (unpaired) electrons. The first kappa shape index (κ1) is 15.1. The lowest BCUT2D eigenvalue weighted by molar-refractivity contribution is 0.0246. The van der Waals surface area contributed by atoms with E-state index in [1.165, 1.54) is 0 Å². The third-order valence-electron chi connectivity index (χ3n) is 3.51. The Bertz CT molecular complexity index is 433. The second-order valence-corrected chi connectivity index (χ2v) is 5.88. The van der Waals surface area contributed by atoms with Gasteiger partial charge in [-0.25, -0.2) is 0 Å². The van der Waals surface area contributed by atoms with Crippen LogP contribution in [0.5, 0.6) is 0 Å². The quantitative estimate of drug-likeness (QED) is 0.878. The summed E-state index contributed by atoms with van der Waals surface area (Å²) < 4.78 is 5.24. The summed E-state index contributed by atoms with van der Waals surface area (Å²) in [4.78, 5) is 0. The molecule has 0 bridgehead atoms. The number of aliphatic hydroxyl groups is 1. The molecule has 2 rings (SSSR count). The molecule has 1 saturated heterocycles. The van der Waals surface area contributed by atoms with Crippen molar-refractivity contribution in [3.63, 3.8) is 0 Å². The van der Waals surface area contributed by atoms with Crippen molar-refractivity contribution >= 4 is 23.2 Å². The third-order valence-corrected chi connectivity index (χ3v) is 4.07. The first-order valence-corrected chi connectivity index (χ1v) is 7.28. The van der Waals surface area contributed by atoms with E-state index in [9.17, 15) is 5.11 Å². The summed E-state index contributed by atoms with van der Waals surface area (Å²) in [5.74, 6) is 0. The van der Waals surface area contributed by atoms with E-state index in [0.29, 0.717) is 36.2 Å². The fourth-order valence-electron chi connectivity index (χ4n) is 2.31. The molecule has 2 atom stereocenters. The van der Waals surface area contributed by atoms with Gasteiger partial charge in [0, 0.05) is 35.7 Å². The summed E-state index contributed by atoms with van der Waals surface area (Å²) >= 11 is 12.1. The molecule has 0 aromatic heterocycles. The molecule has 3 nitrogen and oxygen atoms in total. The van der Waals surface area contributed by atoms with E-state index < -0.39 is 5.60 Å². The second-order valence-electron chi connectivity index (χ2n) is 5.03. The molecule has 0 saturated carbocycles. The van der Waals surface area contributed by atoms with Gasteiger partial charge in [0.05, 0.1) is 6.61 Å². The Morgan fingerprint density at radius 1 is 1.47 bits per heavy atom. The molecular formula is C14H19Cl2NO2. The Morgan fingerprint density at radius 2 is 2.26 bits per heavy atom. The van der Waals surface area contributed by atoms with Crippen molar-refractivity contribution in [1.82, 2.24) is 5.32 Å². The fourth-order valence-corrected chi connectivity index (χ4v) is 2.85. The van der Waals surface area contributed by atoms with Crippen LogP contribution in [0.4, 0.5) is 0 Å². The Balaban J connectivity index is 2.03. The van der Waals surface area contributed by atoms with Gasteiger partial charge in [-0.05, 0) is 24.1 Å². The standard InChI is InChI=1S/C14H19Cl2NO2/c1-2-13(11-4-3-10(15)7-12(11)16)17-8-14(18)5-6-19-9-14/h3-4,7,13,17-18H,2,5-6,8-9H2,1H3. The highest BCUT2D eigenvalue weighted by molar-refractivity contribution is 6.35. The molecule has 0 spiro atoms. The number of nitrogens with one attached hydrogen (secondary N) is 1. The number of benzene rings is 1. The lowest BCUT2D eigenvalue weighted by Crippen LogP contribution is -2.42. The van der Waals surface area contributed by atoms with Crippen LogP contribution in [0.2, 0.25) is 10.0 Å². The minimum absolute atomic E-state index is 0.106. The van der Waals surface area contributed by atoms with E-state index in [4.69, 9.17) is 27.9 Å². The molecule has 1 fully saturated rings. The maximum Gasteiger partial charge on any atom is 0.103 e. The van der Waals surface area contributed by atoms with Gasteiger partial charge in [-0.2, -0.15) is 0 Å². The lowest BCUT2D eigenvalue weighted by Gasteiger charge is -2.26. The molecule has 19 heavy (non-hydrogen) atoms. The summed E-state index contributed by atoms with van der Waals surface area (Å²) in [7, 11) is 0. The molecule has 1 aliphatic rings. The average molecular weight is 304 g/mol. The van der Waals surface area contributed by atoms with Crippen LogP contribution in [-0.2, 0) is 4.74 Å². The summed E-state index contributed by atoms with van der Waals surface area (Å²) in [5, 5.41) is 14.9. The smallest absolute Gasteiger partial charge is 0.103 e. The fraction of sp³-hybridized carbons (Fsp3) is 0.571. The van der Waals surface area contributed by atoms with Gasteiger partial charge in [-0.3, -0.25) is 0 Å². The van der Waals surface area contributed by atoms with Gasteiger partial charge in [0.2, 0.25) is 0 Å². The maximum atomic E-state index is 10.3. The maximum absolute atomic E-state index is 10.3. The van der Waals surface area contributed by atoms with Gasteiger partial charge in [-0.1, -0.05) is 36.2 Å². The van der Waals surface area contributed by atoms with Gasteiger partial charge in [0.15, 0.2) is 0 Å². The monoisotopic (exact) mass is 303 g/mol. The molecule has 1 aromatic carbocycles. The zero-order valence-corrected chi connectivity index (χ0v) is 12.5. The van der Waals surface area contributed by atoms with Gasteiger partial charge >= 0.3 is 0 Å². The molecule has 2 N–H and O–H groups in total. The van der Waals surface area contributed by atoms with Gasteiger partial charge < -0.3 is 15.2 Å². The normalized spacial score (nSPS) is 24.6. The minimum atomic E-state index is -0.758. The van der Waals surface area contributed by atoms with E-state index in [1.807, 2.05) is 12.1 Å². The van der Waals surface area contributed by atoms with Crippen LogP contribution in [0.25, 0.3) is 0 Å². The van der Waals surface area contributed by atoms with Crippen LogP contribution < -0.4 is 5.32 Å². The molecule has 1 aromatic rings. The first-order chi connectivity index (χ1) is 9.04. The minimum Gasteiger partial charge on any atom is -0.386 e. The predicted octanol–water partition coefficient (Wildman–Crippen LogP) is 3.19. The summed E-state index contributed by atoms with van der Waals surface area (Å²) in [5.41, 5.74) is 0.253.